The van der Waals surface area contributed by atoms with E-state index in [2.05, 4.69) is 26.2 Å². The Hall–Kier alpha value is -1.68. The molecule has 1 N–H and O–H groups in total. The maximum atomic E-state index is 11.8. The molecule has 0 aliphatic carbocycles. The molecular formula is C13H9BrN2O. The highest BCUT2D eigenvalue weighted by Gasteiger charge is 2.31. The number of hydrogen-bond acceptors (Lipinski definition) is 2. The highest BCUT2D eigenvalue weighted by Crippen LogP contribution is 2.32. The van der Waals surface area contributed by atoms with E-state index in [1.807, 2.05) is 24.3 Å². The van der Waals surface area contributed by atoms with Crippen molar-refractivity contribution in [3.05, 3.63) is 63.9 Å². The van der Waals surface area contributed by atoms with E-state index in [9.17, 15) is 4.79 Å². The fraction of sp³-hybridized carbons (Fsp3) is 0.0769. The van der Waals surface area contributed by atoms with Gasteiger partial charge in [-0.15, -0.1) is 0 Å². The summed E-state index contributed by atoms with van der Waals surface area (Å²) in [4.78, 5) is 16.1. The molecule has 1 aliphatic rings. The number of aromatic nitrogens is 1. The van der Waals surface area contributed by atoms with Gasteiger partial charge in [-0.3, -0.25) is 9.78 Å². The molecule has 17 heavy (non-hydrogen) atoms. The van der Waals surface area contributed by atoms with Crippen LogP contribution in [0.4, 0.5) is 0 Å². The third-order valence-electron chi connectivity index (χ3n) is 2.85. The van der Waals surface area contributed by atoms with Crippen LogP contribution < -0.4 is 5.32 Å². The van der Waals surface area contributed by atoms with Crippen LogP contribution in [-0.2, 0) is 0 Å². The molecule has 2 aromatic rings. The van der Waals surface area contributed by atoms with E-state index in [0.29, 0.717) is 5.56 Å². The summed E-state index contributed by atoms with van der Waals surface area (Å²) in [6.45, 7) is 0. The monoisotopic (exact) mass is 288 g/mol. The van der Waals surface area contributed by atoms with Gasteiger partial charge in [0.2, 0.25) is 0 Å². The van der Waals surface area contributed by atoms with Gasteiger partial charge in [0.1, 0.15) is 0 Å². The second-order valence-electron chi connectivity index (χ2n) is 3.86. The van der Waals surface area contributed by atoms with E-state index < -0.39 is 0 Å². The number of halogens is 1. The van der Waals surface area contributed by atoms with Crippen LogP contribution in [0.3, 0.4) is 0 Å². The lowest BCUT2D eigenvalue weighted by Crippen LogP contribution is -2.20. The van der Waals surface area contributed by atoms with Crippen molar-refractivity contribution in [3.8, 4) is 0 Å². The molecule has 1 atom stereocenters. The highest BCUT2D eigenvalue weighted by molar-refractivity contribution is 9.10. The Morgan fingerprint density at radius 3 is 2.82 bits per heavy atom. The van der Waals surface area contributed by atoms with E-state index in [1.165, 1.54) is 0 Å². The molecule has 4 heteroatoms. The first-order valence-corrected chi connectivity index (χ1v) is 6.07. The first kappa shape index (κ1) is 10.5. The standard InChI is InChI=1S/C13H9BrN2O/c14-10-6-2-1-4-8(10)12-11-9(13(17)16-12)5-3-7-15-11/h1-7,12H,(H,16,17). The van der Waals surface area contributed by atoms with Gasteiger partial charge >= 0.3 is 0 Å². The molecule has 0 bridgehead atoms. The summed E-state index contributed by atoms with van der Waals surface area (Å²) in [7, 11) is 0. The van der Waals surface area contributed by atoms with Crippen molar-refractivity contribution < 1.29 is 4.79 Å². The Morgan fingerprint density at radius 2 is 2.00 bits per heavy atom. The van der Waals surface area contributed by atoms with Gasteiger partial charge < -0.3 is 5.32 Å². The van der Waals surface area contributed by atoms with E-state index in [1.54, 1.807) is 18.3 Å². The van der Waals surface area contributed by atoms with Crippen molar-refractivity contribution in [2.24, 2.45) is 0 Å². The molecule has 0 radical (unpaired) electrons. The number of nitrogens with one attached hydrogen (secondary N) is 1. The Labute approximate surface area is 107 Å². The van der Waals surface area contributed by atoms with Crippen molar-refractivity contribution >= 4 is 21.8 Å². The van der Waals surface area contributed by atoms with Crippen LogP contribution in [0.2, 0.25) is 0 Å². The predicted octanol–water partition coefficient (Wildman–Crippen LogP) is 2.68. The van der Waals surface area contributed by atoms with Crippen LogP contribution in [0.5, 0.6) is 0 Å². The Morgan fingerprint density at radius 1 is 1.18 bits per heavy atom. The molecule has 3 rings (SSSR count). The summed E-state index contributed by atoms with van der Waals surface area (Å²) in [5, 5.41) is 2.94. The molecule has 0 fully saturated rings. The number of carbonyl (C=O) groups excluding carboxylic acids is 1. The van der Waals surface area contributed by atoms with Crippen molar-refractivity contribution in [2.45, 2.75) is 6.04 Å². The van der Waals surface area contributed by atoms with E-state index >= 15 is 0 Å². The zero-order valence-corrected chi connectivity index (χ0v) is 10.4. The number of rotatable bonds is 1. The van der Waals surface area contributed by atoms with Gasteiger partial charge in [0, 0.05) is 10.7 Å². The number of amides is 1. The van der Waals surface area contributed by atoms with Crippen LogP contribution in [0.25, 0.3) is 0 Å². The molecule has 0 saturated heterocycles. The second kappa shape index (κ2) is 3.96. The molecule has 0 spiro atoms. The second-order valence-corrected chi connectivity index (χ2v) is 4.72. The number of hydrogen-bond donors (Lipinski definition) is 1. The van der Waals surface area contributed by atoms with Gasteiger partial charge in [0.05, 0.1) is 17.3 Å². The number of fused-ring (bicyclic) bond motifs is 1. The first-order chi connectivity index (χ1) is 8.27. The van der Waals surface area contributed by atoms with Crippen LogP contribution in [-0.4, -0.2) is 10.9 Å². The average Bonchev–Trinajstić information content (AvgIpc) is 2.68. The summed E-state index contributed by atoms with van der Waals surface area (Å²) >= 11 is 3.50. The van der Waals surface area contributed by atoms with Crippen molar-refractivity contribution in [2.75, 3.05) is 0 Å². The van der Waals surface area contributed by atoms with Crippen LogP contribution in [0, 0.1) is 0 Å². The summed E-state index contributed by atoms with van der Waals surface area (Å²) in [6, 6.07) is 11.3. The van der Waals surface area contributed by atoms with Crippen LogP contribution >= 0.6 is 15.9 Å². The normalized spacial score (nSPS) is 17.7. The van der Waals surface area contributed by atoms with Gasteiger partial charge in [-0.05, 0) is 23.8 Å². The Kier molecular flexibility index (Phi) is 2.44. The minimum absolute atomic E-state index is 0.0612. The smallest absolute Gasteiger partial charge is 0.254 e. The third-order valence-corrected chi connectivity index (χ3v) is 3.57. The number of benzene rings is 1. The number of pyridine rings is 1. The predicted molar refractivity (Wildman–Crippen MR) is 67.7 cm³/mol. The lowest BCUT2D eigenvalue weighted by atomic mass is 10.0. The highest BCUT2D eigenvalue weighted by atomic mass is 79.9. The van der Waals surface area contributed by atoms with Crippen LogP contribution in [0.15, 0.2) is 47.1 Å². The Balaban J connectivity index is 2.14. The molecule has 3 nitrogen and oxygen atoms in total. The molecule has 1 amide bonds. The molecule has 0 saturated carbocycles. The maximum absolute atomic E-state index is 11.8. The van der Waals surface area contributed by atoms with Crippen molar-refractivity contribution in [1.29, 1.82) is 0 Å². The molecule has 84 valence electrons. The maximum Gasteiger partial charge on any atom is 0.254 e. The largest absolute Gasteiger partial charge is 0.339 e. The van der Waals surface area contributed by atoms with Gasteiger partial charge in [-0.25, -0.2) is 0 Å². The third kappa shape index (κ3) is 1.65. The summed E-state index contributed by atoms with van der Waals surface area (Å²) in [5.41, 5.74) is 2.48. The number of carbonyl (C=O) groups is 1. The summed E-state index contributed by atoms with van der Waals surface area (Å²) in [5.74, 6) is -0.0612. The fourth-order valence-corrected chi connectivity index (χ4v) is 2.56. The fourth-order valence-electron chi connectivity index (χ4n) is 2.05. The topological polar surface area (TPSA) is 42.0 Å². The van der Waals surface area contributed by atoms with E-state index in [-0.39, 0.29) is 11.9 Å². The SMILES string of the molecule is O=C1NC(c2ccccc2Br)c2ncccc21. The van der Waals surface area contributed by atoms with E-state index in [0.717, 1.165) is 15.7 Å². The molecule has 2 heterocycles. The van der Waals surface area contributed by atoms with Crippen molar-refractivity contribution in [3.63, 3.8) is 0 Å². The van der Waals surface area contributed by atoms with E-state index in [4.69, 9.17) is 0 Å². The zero-order chi connectivity index (χ0) is 11.8. The lowest BCUT2D eigenvalue weighted by molar-refractivity contribution is 0.0960. The molecule has 1 aromatic heterocycles. The molecule has 1 aliphatic heterocycles. The molecule has 1 unspecified atom stereocenters. The summed E-state index contributed by atoms with van der Waals surface area (Å²) in [6.07, 6.45) is 1.71. The van der Waals surface area contributed by atoms with Gasteiger partial charge in [0.15, 0.2) is 0 Å². The minimum atomic E-state index is -0.158. The Bertz CT molecular complexity index is 597. The summed E-state index contributed by atoms with van der Waals surface area (Å²) < 4.78 is 0.976. The quantitative estimate of drug-likeness (QED) is 0.877. The van der Waals surface area contributed by atoms with Gasteiger partial charge in [-0.1, -0.05) is 34.1 Å². The average molecular weight is 289 g/mol. The minimum Gasteiger partial charge on any atom is -0.339 e. The van der Waals surface area contributed by atoms with Gasteiger partial charge in [-0.2, -0.15) is 0 Å². The molecule has 1 aromatic carbocycles. The van der Waals surface area contributed by atoms with Gasteiger partial charge in [0.25, 0.3) is 5.91 Å². The van der Waals surface area contributed by atoms with Crippen molar-refractivity contribution in [1.82, 2.24) is 10.3 Å². The molecular weight excluding hydrogens is 280 g/mol. The number of nitrogens with zero attached hydrogens (tertiary/aromatic N) is 1. The lowest BCUT2D eigenvalue weighted by Gasteiger charge is -2.12. The van der Waals surface area contributed by atoms with Crippen LogP contribution in [0.1, 0.15) is 27.7 Å². The first-order valence-electron chi connectivity index (χ1n) is 5.27. The zero-order valence-electron chi connectivity index (χ0n) is 8.85.